The summed E-state index contributed by atoms with van der Waals surface area (Å²) >= 11 is 0. The van der Waals surface area contributed by atoms with Gasteiger partial charge in [-0.2, -0.15) is 0 Å². The minimum absolute atomic E-state index is 0.0309. The third kappa shape index (κ3) is 2.84. The predicted octanol–water partition coefficient (Wildman–Crippen LogP) is 4.40. The van der Waals surface area contributed by atoms with Crippen molar-refractivity contribution in [2.75, 3.05) is 0 Å². The van der Waals surface area contributed by atoms with E-state index < -0.39 is 0 Å². The van der Waals surface area contributed by atoms with Crippen molar-refractivity contribution >= 4 is 5.71 Å². The topological polar surface area (TPSA) is 12.4 Å². The van der Waals surface area contributed by atoms with Crippen LogP contribution in [-0.4, -0.2) is 11.3 Å². The van der Waals surface area contributed by atoms with Crippen LogP contribution >= 0.6 is 0 Å². The fourth-order valence-corrected chi connectivity index (χ4v) is 2.25. The second-order valence-corrected chi connectivity index (χ2v) is 5.54. The first-order chi connectivity index (χ1) is 7.37. The number of allylic oxidation sites excluding steroid dienone is 2. The molecule has 0 saturated heterocycles. The number of aliphatic imine (C=N–C) groups is 1. The second-order valence-electron chi connectivity index (χ2n) is 5.54. The highest BCUT2D eigenvalue weighted by atomic mass is 14.9. The van der Waals surface area contributed by atoms with Crippen LogP contribution in [0.5, 0.6) is 0 Å². The molecule has 0 spiro atoms. The molecule has 0 saturated carbocycles. The van der Waals surface area contributed by atoms with E-state index in [9.17, 15) is 0 Å². The highest BCUT2D eigenvalue weighted by Gasteiger charge is 2.30. The van der Waals surface area contributed by atoms with Crippen LogP contribution < -0.4 is 0 Å². The molecule has 0 fully saturated rings. The SMILES string of the molecule is C=C(C)/C(=N/C1(C)C=CCCC1C)C(C)C. The summed E-state index contributed by atoms with van der Waals surface area (Å²) in [4.78, 5) is 4.98. The van der Waals surface area contributed by atoms with E-state index in [1.807, 2.05) is 0 Å². The maximum Gasteiger partial charge on any atom is 0.0788 e. The lowest BCUT2D eigenvalue weighted by Crippen LogP contribution is -2.33. The van der Waals surface area contributed by atoms with Crippen molar-refractivity contribution in [1.29, 1.82) is 0 Å². The molecule has 0 aromatic carbocycles. The second kappa shape index (κ2) is 4.99. The molecule has 1 rings (SSSR count). The average molecular weight is 219 g/mol. The normalized spacial score (nSPS) is 30.9. The molecule has 1 aliphatic carbocycles. The Hall–Kier alpha value is -0.850. The van der Waals surface area contributed by atoms with E-state index in [4.69, 9.17) is 4.99 Å². The summed E-state index contributed by atoms with van der Waals surface area (Å²) in [5.74, 6) is 1.07. The van der Waals surface area contributed by atoms with Gasteiger partial charge in [-0.3, -0.25) is 4.99 Å². The first-order valence-corrected chi connectivity index (χ1v) is 6.30. The van der Waals surface area contributed by atoms with Crippen molar-refractivity contribution in [3.63, 3.8) is 0 Å². The molecule has 1 aliphatic rings. The van der Waals surface area contributed by atoms with Crippen LogP contribution in [0, 0.1) is 11.8 Å². The fourth-order valence-electron chi connectivity index (χ4n) is 2.25. The van der Waals surface area contributed by atoms with Crippen LogP contribution in [0.1, 0.15) is 47.5 Å². The molecule has 90 valence electrons. The molecule has 0 amide bonds. The summed E-state index contributed by atoms with van der Waals surface area (Å²) in [7, 11) is 0. The summed E-state index contributed by atoms with van der Waals surface area (Å²) in [5, 5.41) is 0. The van der Waals surface area contributed by atoms with E-state index in [1.165, 1.54) is 18.6 Å². The van der Waals surface area contributed by atoms with Crippen molar-refractivity contribution in [2.24, 2.45) is 16.8 Å². The van der Waals surface area contributed by atoms with Gasteiger partial charge < -0.3 is 0 Å². The Kier molecular flexibility index (Phi) is 4.12. The standard InChI is InChI=1S/C15H25N/c1-11(2)14(12(3)4)16-15(6)10-8-7-9-13(15)5/h8,10,12-13H,1,7,9H2,2-6H3/b16-14-. The van der Waals surface area contributed by atoms with Gasteiger partial charge in [-0.05, 0) is 44.1 Å². The lowest BCUT2D eigenvalue weighted by molar-refractivity contribution is 0.353. The van der Waals surface area contributed by atoms with Crippen LogP contribution in [-0.2, 0) is 0 Å². The van der Waals surface area contributed by atoms with Crippen LogP contribution in [0.25, 0.3) is 0 Å². The fraction of sp³-hybridized carbons (Fsp3) is 0.667. The molecule has 0 bridgehead atoms. The van der Waals surface area contributed by atoms with Crippen LogP contribution in [0.3, 0.4) is 0 Å². The highest BCUT2D eigenvalue weighted by molar-refractivity contribution is 6.00. The Morgan fingerprint density at radius 2 is 2.12 bits per heavy atom. The third-order valence-electron chi connectivity index (χ3n) is 3.56. The zero-order valence-corrected chi connectivity index (χ0v) is 11.4. The van der Waals surface area contributed by atoms with E-state index >= 15 is 0 Å². The molecule has 0 aromatic heterocycles. The summed E-state index contributed by atoms with van der Waals surface area (Å²) in [6.07, 6.45) is 6.96. The van der Waals surface area contributed by atoms with Gasteiger partial charge in [-0.25, -0.2) is 0 Å². The van der Waals surface area contributed by atoms with Gasteiger partial charge in [0.25, 0.3) is 0 Å². The largest absolute Gasteiger partial charge is 0.278 e. The van der Waals surface area contributed by atoms with Gasteiger partial charge in [-0.1, -0.05) is 39.5 Å². The summed E-state index contributed by atoms with van der Waals surface area (Å²) in [5.41, 5.74) is 2.24. The highest BCUT2D eigenvalue weighted by Crippen LogP contribution is 2.32. The Morgan fingerprint density at radius 1 is 1.50 bits per heavy atom. The van der Waals surface area contributed by atoms with E-state index in [-0.39, 0.29) is 5.54 Å². The minimum Gasteiger partial charge on any atom is -0.278 e. The quantitative estimate of drug-likeness (QED) is 0.492. The van der Waals surface area contributed by atoms with E-state index in [2.05, 4.69) is 53.3 Å². The predicted molar refractivity (Wildman–Crippen MR) is 73.0 cm³/mol. The van der Waals surface area contributed by atoms with Crippen LogP contribution in [0.4, 0.5) is 0 Å². The molecule has 0 heterocycles. The molecule has 0 N–H and O–H groups in total. The molecule has 1 heteroatoms. The zero-order chi connectivity index (χ0) is 12.3. The van der Waals surface area contributed by atoms with Gasteiger partial charge in [-0.15, -0.1) is 0 Å². The molecule has 0 aliphatic heterocycles. The number of hydrogen-bond acceptors (Lipinski definition) is 1. The lowest BCUT2D eigenvalue weighted by atomic mass is 9.79. The molecule has 0 aromatic rings. The van der Waals surface area contributed by atoms with E-state index in [0.29, 0.717) is 11.8 Å². The third-order valence-corrected chi connectivity index (χ3v) is 3.56. The Balaban J connectivity index is 3.07. The zero-order valence-electron chi connectivity index (χ0n) is 11.4. The van der Waals surface area contributed by atoms with Crippen molar-refractivity contribution < 1.29 is 0 Å². The first kappa shape index (κ1) is 13.2. The van der Waals surface area contributed by atoms with Gasteiger partial charge in [0.1, 0.15) is 0 Å². The van der Waals surface area contributed by atoms with Crippen LogP contribution in [0.15, 0.2) is 29.3 Å². The molecule has 0 radical (unpaired) electrons. The number of rotatable bonds is 3. The summed E-state index contributed by atoms with van der Waals surface area (Å²) in [6, 6.07) is 0. The molecular formula is C15H25N. The van der Waals surface area contributed by atoms with Crippen molar-refractivity contribution in [3.05, 3.63) is 24.3 Å². The smallest absolute Gasteiger partial charge is 0.0788 e. The van der Waals surface area contributed by atoms with Crippen molar-refractivity contribution in [1.82, 2.24) is 0 Å². The van der Waals surface area contributed by atoms with Gasteiger partial charge in [0.15, 0.2) is 0 Å². The molecule has 2 unspecified atom stereocenters. The maximum absolute atomic E-state index is 4.98. The van der Waals surface area contributed by atoms with E-state index in [1.54, 1.807) is 0 Å². The monoisotopic (exact) mass is 219 g/mol. The Labute approximate surface area is 100 Å². The van der Waals surface area contributed by atoms with Crippen molar-refractivity contribution in [3.8, 4) is 0 Å². The first-order valence-electron chi connectivity index (χ1n) is 6.30. The molecular weight excluding hydrogens is 194 g/mol. The van der Waals surface area contributed by atoms with Gasteiger partial charge in [0.2, 0.25) is 0 Å². The summed E-state index contributed by atoms with van der Waals surface area (Å²) < 4.78 is 0. The summed E-state index contributed by atoms with van der Waals surface area (Å²) in [6.45, 7) is 15.0. The minimum atomic E-state index is -0.0309. The van der Waals surface area contributed by atoms with Gasteiger partial charge in [0.05, 0.1) is 5.54 Å². The maximum atomic E-state index is 4.98. The number of nitrogens with zero attached hydrogens (tertiary/aromatic N) is 1. The molecule has 2 atom stereocenters. The van der Waals surface area contributed by atoms with Crippen molar-refractivity contribution in [2.45, 2.75) is 53.0 Å². The number of hydrogen-bond donors (Lipinski definition) is 0. The van der Waals surface area contributed by atoms with E-state index in [0.717, 1.165) is 5.57 Å². The van der Waals surface area contributed by atoms with Gasteiger partial charge >= 0.3 is 0 Å². The average Bonchev–Trinajstić information content (AvgIpc) is 2.19. The van der Waals surface area contributed by atoms with Crippen LogP contribution in [0.2, 0.25) is 0 Å². The Bertz CT molecular complexity index is 322. The Morgan fingerprint density at radius 3 is 2.56 bits per heavy atom. The molecule has 1 nitrogen and oxygen atoms in total. The lowest BCUT2D eigenvalue weighted by Gasteiger charge is -2.33. The van der Waals surface area contributed by atoms with Gasteiger partial charge in [0, 0.05) is 5.71 Å². The molecule has 16 heavy (non-hydrogen) atoms.